The standard InChI is InChI=1S/C58H78ClN13O12S2/c1-32(73)49-58(84)71-48(56(82)67-44(50(64)76)27-35-12-20-39(74)21-13-35)31-86-85-30-47(70-52(78)42(63)26-33-8-16-37(59)17-9-33)57(83)69-46(29-36-14-22-40(75)23-15-36)55(81)68-45(54(80)66-43(53(79)72-49)7-3-5-25-61)28-34-10-18-38(19-11-34)65-51(77)41(62)6-2-4-24-60/h8-23,32,41-49,73-75H,2-7,24-31,60-63H2,1H3,(H2,64,76)(H,65,77)(H,66,80)(H,67,82)(H,68,81)(H,69,83)(H,70,78)(H,71,84)(H,72,79)/t32-,41+,42+,43+,44-,45-,46+,47-,48+,49+/m1/s1. The fourth-order valence-corrected chi connectivity index (χ4v) is 11.3. The summed E-state index contributed by atoms with van der Waals surface area (Å²) in [6, 6.07) is 11.8. The van der Waals surface area contributed by atoms with Crippen LogP contribution in [-0.4, -0.2) is 154 Å². The molecule has 4 aromatic rings. The highest BCUT2D eigenvalue weighted by atomic mass is 35.5. The van der Waals surface area contributed by atoms with Crippen molar-refractivity contribution in [3.05, 3.63) is 124 Å². The molecule has 1 saturated heterocycles. The van der Waals surface area contributed by atoms with Crippen molar-refractivity contribution in [2.24, 2.45) is 28.7 Å². The van der Waals surface area contributed by atoms with Crippen molar-refractivity contribution >= 4 is 92.0 Å². The number of phenolic OH excluding ortho intramolecular Hbond substituents is 2. The third-order valence-corrected chi connectivity index (χ3v) is 16.5. The number of halogens is 1. The van der Waals surface area contributed by atoms with Crippen molar-refractivity contribution in [3.63, 3.8) is 0 Å². The Labute approximate surface area is 511 Å². The van der Waals surface area contributed by atoms with Gasteiger partial charge in [-0.2, -0.15) is 0 Å². The van der Waals surface area contributed by atoms with Crippen LogP contribution in [0, 0.1) is 0 Å². The topological polar surface area (TPSA) is 441 Å². The Morgan fingerprint density at radius 3 is 1.67 bits per heavy atom. The second-order valence-corrected chi connectivity index (χ2v) is 23.8. The van der Waals surface area contributed by atoms with Gasteiger partial charge in [0.2, 0.25) is 53.2 Å². The first-order valence-corrected chi connectivity index (χ1v) is 30.9. The largest absolute Gasteiger partial charge is 0.508 e. The summed E-state index contributed by atoms with van der Waals surface area (Å²) in [6.45, 7) is 1.87. The molecule has 0 saturated carbocycles. The molecule has 0 spiro atoms. The Bertz CT molecular complexity index is 2920. The van der Waals surface area contributed by atoms with Gasteiger partial charge in [0.1, 0.15) is 53.8 Å². The van der Waals surface area contributed by atoms with Crippen LogP contribution >= 0.6 is 33.2 Å². The van der Waals surface area contributed by atoms with Gasteiger partial charge in [0, 0.05) is 41.5 Å². The number of carbonyl (C=O) groups is 9. The van der Waals surface area contributed by atoms with Crippen molar-refractivity contribution in [1.29, 1.82) is 0 Å². The fraction of sp³-hybridized carbons (Fsp3) is 0.431. The van der Waals surface area contributed by atoms with Gasteiger partial charge in [-0.05, 0) is 129 Å². The number of hydrogen-bond donors (Lipinski definition) is 16. The minimum Gasteiger partial charge on any atom is -0.508 e. The van der Waals surface area contributed by atoms with E-state index in [1.807, 2.05) is 0 Å². The van der Waals surface area contributed by atoms with E-state index in [1.165, 1.54) is 55.5 Å². The van der Waals surface area contributed by atoms with E-state index in [1.54, 1.807) is 48.5 Å². The molecule has 4 aromatic carbocycles. The van der Waals surface area contributed by atoms with Crippen LogP contribution < -0.4 is 71.2 Å². The summed E-state index contributed by atoms with van der Waals surface area (Å²) < 4.78 is 0. The molecule has 0 bridgehead atoms. The highest BCUT2D eigenvalue weighted by Gasteiger charge is 2.37. The summed E-state index contributed by atoms with van der Waals surface area (Å²) in [5.41, 5.74) is 32.1. The molecular weight excluding hydrogens is 1170 g/mol. The molecule has 86 heavy (non-hydrogen) atoms. The van der Waals surface area contributed by atoms with Crippen molar-refractivity contribution in [2.75, 3.05) is 29.9 Å². The maximum atomic E-state index is 14.9. The number of aromatic hydroxyl groups is 2. The third-order valence-electron chi connectivity index (χ3n) is 13.8. The van der Waals surface area contributed by atoms with Gasteiger partial charge in [0.25, 0.3) is 0 Å². The number of rotatable bonds is 24. The summed E-state index contributed by atoms with van der Waals surface area (Å²) in [6.07, 6.45) is 0.142. The summed E-state index contributed by atoms with van der Waals surface area (Å²) in [4.78, 5) is 127. The number of nitrogens with two attached hydrogens (primary N) is 5. The first-order chi connectivity index (χ1) is 41.0. The van der Waals surface area contributed by atoms with Gasteiger partial charge < -0.3 is 86.5 Å². The Balaban J connectivity index is 1.57. The Hall–Kier alpha value is -7.50. The van der Waals surface area contributed by atoms with Gasteiger partial charge in [0.05, 0.1) is 18.2 Å². The third kappa shape index (κ3) is 23.1. The molecule has 1 aliphatic rings. The number of anilines is 1. The molecule has 28 heteroatoms. The lowest BCUT2D eigenvalue weighted by atomic mass is 10.0. The Kier molecular flexibility index (Phi) is 28.4. The number of carbonyl (C=O) groups excluding carboxylic acids is 9. The number of phenols is 2. The lowest BCUT2D eigenvalue weighted by Gasteiger charge is -2.29. The van der Waals surface area contributed by atoms with E-state index < -0.39 is 114 Å². The van der Waals surface area contributed by atoms with Crippen LogP contribution in [0.2, 0.25) is 5.02 Å². The molecule has 1 aliphatic heterocycles. The van der Waals surface area contributed by atoms with E-state index >= 15 is 0 Å². The van der Waals surface area contributed by atoms with Gasteiger partial charge in [-0.15, -0.1) is 0 Å². The number of benzene rings is 4. The highest BCUT2D eigenvalue weighted by Crippen LogP contribution is 2.25. The normalized spacial score (nSPS) is 20.7. The SMILES string of the molecule is C[C@@H](O)[C@@H]1NC(=O)[C@H](CCCCN)NC(=O)[C@@H](Cc2ccc(NC(=O)[C@@H](N)CCCCN)cc2)NC(=O)[C@H](Cc2ccc(O)cc2)NC(=O)[C@H](NC(=O)[C@@H](N)Cc2ccc(Cl)cc2)CSSC[C@@H](C(=O)N[C@H](Cc2ccc(O)cc2)C(N)=O)NC1=O. The maximum absolute atomic E-state index is 14.9. The van der Waals surface area contributed by atoms with E-state index in [0.29, 0.717) is 65.2 Å². The van der Waals surface area contributed by atoms with Gasteiger partial charge in [-0.3, -0.25) is 43.2 Å². The smallest absolute Gasteiger partial charge is 0.245 e. The summed E-state index contributed by atoms with van der Waals surface area (Å²) in [7, 11) is 1.90. The second-order valence-electron chi connectivity index (χ2n) is 20.8. The van der Waals surface area contributed by atoms with Crippen LogP contribution in [0.5, 0.6) is 11.5 Å². The maximum Gasteiger partial charge on any atom is 0.245 e. The lowest BCUT2D eigenvalue weighted by Crippen LogP contribution is -2.62. The Morgan fingerprint density at radius 1 is 0.605 bits per heavy atom. The minimum absolute atomic E-state index is 0.0209. The molecule has 10 atom stereocenters. The lowest BCUT2D eigenvalue weighted by molar-refractivity contribution is -0.136. The zero-order chi connectivity index (χ0) is 62.9. The molecule has 25 nitrogen and oxygen atoms in total. The van der Waals surface area contributed by atoms with Crippen molar-refractivity contribution in [1.82, 2.24) is 37.2 Å². The zero-order valence-electron chi connectivity index (χ0n) is 47.5. The monoisotopic (exact) mass is 1250 g/mol. The van der Waals surface area contributed by atoms with Crippen molar-refractivity contribution in [3.8, 4) is 11.5 Å². The van der Waals surface area contributed by atoms with Crippen LogP contribution in [0.25, 0.3) is 0 Å². The van der Waals surface area contributed by atoms with Crippen LogP contribution in [0.4, 0.5) is 5.69 Å². The predicted molar refractivity (Wildman–Crippen MR) is 329 cm³/mol. The van der Waals surface area contributed by atoms with E-state index in [2.05, 4.69) is 42.5 Å². The quantitative estimate of drug-likeness (QED) is 0.0311. The predicted octanol–water partition coefficient (Wildman–Crippen LogP) is -0.472. The fourth-order valence-electron chi connectivity index (χ4n) is 8.83. The molecule has 0 aromatic heterocycles. The summed E-state index contributed by atoms with van der Waals surface area (Å²) >= 11 is 6.09. The van der Waals surface area contributed by atoms with Crippen LogP contribution in [0.15, 0.2) is 97.1 Å². The van der Waals surface area contributed by atoms with Crippen molar-refractivity contribution in [2.45, 2.75) is 132 Å². The average molecular weight is 1250 g/mol. The number of unbranched alkanes of at least 4 members (excludes halogenated alkanes) is 2. The molecule has 1 heterocycles. The minimum atomic E-state index is -1.77. The first kappa shape index (κ1) is 69.3. The van der Waals surface area contributed by atoms with Crippen LogP contribution in [-0.2, 0) is 68.8 Å². The van der Waals surface area contributed by atoms with Crippen LogP contribution in [0.1, 0.15) is 67.7 Å². The molecule has 0 aliphatic carbocycles. The number of amides is 9. The molecular formula is C58H78ClN13O12S2. The van der Waals surface area contributed by atoms with Gasteiger partial charge in [-0.1, -0.05) is 88.1 Å². The second kappa shape index (κ2) is 35.2. The van der Waals surface area contributed by atoms with Crippen LogP contribution in [0.3, 0.4) is 0 Å². The molecule has 466 valence electrons. The Morgan fingerprint density at radius 2 is 1.10 bits per heavy atom. The van der Waals surface area contributed by atoms with Crippen molar-refractivity contribution < 1.29 is 58.5 Å². The van der Waals surface area contributed by atoms with E-state index in [-0.39, 0.29) is 68.1 Å². The number of nitrogens with one attached hydrogen (secondary N) is 8. The summed E-state index contributed by atoms with van der Waals surface area (Å²) in [5, 5.41) is 52.8. The van der Waals surface area contributed by atoms with Gasteiger partial charge >= 0.3 is 0 Å². The summed E-state index contributed by atoms with van der Waals surface area (Å²) in [5.74, 6) is -8.51. The molecule has 0 radical (unpaired) electrons. The average Bonchev–Trinajstić information content (AvgIpc) is 3.30. The molecule has 0 unspecified atom stereocenters. The molecule has 21 N–H and O–H groups in total. The van der Waals surface area contributed by atoms with E-state index in [4.69, 9.17) is 40.3 Å². The van der Waals surface area contributed by atoms with Gasteiger partial charge in [0.15, 0.2) is 0 Å². The number of aliphatic hydroxyl groups excluding tert-OH is 1. The number of primary amides is 1. The zero-order valence-corrected chi connectivity index (χ0v) is 49.9. The van der Waals surface area contributed by atoms with E-state index in [0.717, 1.165) is 21.6 Å². The molecule has 1 fully saturated rings. The first-order valence-electron chi connectivity index (χ1n) is 28.0. The van der Waals surface area contributed by atoms with E-state index in [9.17, 15) is 58.5 Å². The van der Waals surface area contributed by atoms with Gasteiger partial charge in [-0.25, -0.2) is 0 Å². The molecule has 5 rings (SSSR count). The number of aliphatic hydroxyl groups is 1. The highest BCUT2D eigenvalue weighted by molar-refractivity contribution is 8.76. The number of hydrogen-bond acceptors (Lipinski definition) is 18. The molecule has 9 amide bonds.